The molecule has 2 amide bonds. The highest BCUT2D eigenvalue weighted by Gasteiger charge is 2.39. The molecule has 5 nitrogen and oxygen atoms in total. The van der Waals surface area contributed by atoms with E-state index in [0.29, 0.717) is 17.8 Å². The number of para-hydroxylation sites is 1. The summed E-state index contributed by atoms with van der Waals surface area (Å²) in [5.41, 5.74) is 4.20. The van der Waals surface area contributed by atoms with Crippen LogP contribution in [0.15, 0.2) is 72.9 Å². The third-order valence-electron chi connectivity index (χ3n) is 5.07. The first-order valence-corrected chi connectivity index (χ1v) is 9.30. The van der Waals surface area contributed by atoms with Gasteiger partial charge in [-0.25, -0.2) is 0 Å². The second kappa shape index (κ2) is 7.64. The van der Waals surface area contributed by atoms with E-state index in [1.807, 2.05) is 61.5 Å². The Morgan fingerprint density at radius 3 is 2.57 bits per heavy atom. The van der Waals surface area contributed by atoms with Crippen LogP contribution in [0.25, 0.3) is 0 Å². The molecule has 0 saturated heterocycles. The van der Waals surface area contributed by atoms with Gasteiger partial charge in [0.2, 0.25) is 5.91 Å². The Kier molecular flexibility index (Phi) is 4.89. The fourth-order valence-corrected chi connectivity index (χ4v) is 3.58. The SMILES string of the molecule is Cc1ccccc1CNC(=O)C[C@@H]1c2ncccc2C(=O)N1c1ccccc1. The molecular formula is C23H21N3O2. The number of rotatable bonds is 5. The van der Waals surface area contributed by atoms with E-state index in [0.717, 1.165) is 16.8 Å². The van der Waals surface area contributed by atoms with Gasteiger partial charge in [-0.2, -0.15) is 0 Å². The fourth-order valence-electron chi connectivity index (χ4n) is 3.58. The molecule has 0 spiro atoms. The number of aryl methyl sites for hydroxylation is 1. The standard InChI is InChI=1S/C23H21N3O2/c1-16-8-5-6-9-17(16)15-25-21(27)14-20-22-19(12-7-13-24-22)23(28)26(20)18-10-3-2-4-11-18/h2-13,20H,14-15H2,1H3,(H,25,27)/t20-/m1/s1. The molecule has 1 aromatic heterocycles. The minimum Gasteiger partial charge on any atom is -0.352 e. The van der Waals surface area contributed by atoms with Crippen molar-refractivity contribution in [2.75, 3.05) is 4.90 Å². The number of carbonyl (C=O) groups excluding carboxylic acids is 2. The van der Waals surface area contributed by atoms with Gasteiger partial charge >= 0.3 is 0 Å². The molecular weight excluding hydrogens is 350 g/mol. The summed E-state index contributed by atoms with van der Waals surface area (Å²) in [6.45, 7) is 2.49. The molecule has 140 valence electrons. The van der Waals surface area contributed by atoms with Crippen molar-refractivity contribution in [3.8, 4) is 0 Å². The normalized spacial score (nSPS) is 15.4. The minimum absolute atomic E-state index is 0.111. The molecule has 1 aliphatic heterocycles. The molecule has 0 radical (unpaired) electrons. The van der Waals surface area contributed by atoms with Gasteiger partial charge in [0.15, 0.2) is 0 Å². The minimum atomic E-state index is -0.414. The van der Waals surface area contributed by atoms with Crippen molar-refractivity contribution in [2.24, 2.45) is 0 Å². The van der Waals surface area contributed by atoms with Gasteiger partial charge in [-0.1, -0.05) is 42.5 Å². The summed E-state index contributed by atoms with van der Waals surface area (Å²) in [7, 11) is 0. The van der Waals surface area contributed by atoms with Crippen LogP contribution in [0.3, 0.4) is 0 Å². The summed E-state index contributed by atoms with van der Waals surface area (Å²) in [4.78, 5) is 31.7. The average Bonchev–Trinajstić information content (AvgIpc) is 3.00. The van der Waals surface area contributed by atoms with Crippen LogP contribution in [0.4, 0.5) is 5.69 Å². The maximum Gasteiger partial charge on any atom is 0.260 e. The first-order chi connectivity index (χ1) is 13.6. The summed E-state index contributed by atoms with van der Waals surface area (Å²) in [5.74, 6) is -0.230. The van der Waals surface area contributed by atoms with E-state index in [9.17, 15) is 9.59 Å². The van der Waals surface area contributed by atoms with E-state index in [4.69, 9.17) is 0 Å². The topological polar surface area (TPSA) is 62.3 Å². The van der Waals surface area contributed by atoms with Crippen LogP contribution in [0, 0.1) is 6.92 Å². The highest BCUT2D eigenvalue weighted by Crippen LogP contribution is 2.38. The predicted octanol–water partition coefficient (Wildman–Crippen LogP) is 3.80. The molecule has 4 rings (SSSR count). The van der Waals surface area contributed by atoms with E-state index >= 15 is 0 Å². The molecule has 28 heavy (non-hydrogen) atoms. The second-order valence-electron chi connectivity index (χ2n) is 6.87. The van der Waals surface area contributed by atoms with Gasteiger partial charge in [0.25, 0.3) is 5.91 Å². The maximum absolute atomic E-state index is 13.0. The van der Waals surface area contributed by atoms with Gasteiger partial charge < -0.3 is 5.32 Å². The van der Waals surface area contributed by atoms with Crippen molar-refractivity contribution in [1.29, 1.82) is 0 Å². The zero-order chi connectivity index (χ0) is 19.5. The molecule has 0 saturated carbocycles. The molecule has 1 aliphatic rings. The van der Waals surface area contributed by atoms with Crippen LogP contribution in [0.2, 0.25) is 0 Å². The van der Waals surface area contributed by atoms with Crippen LogP contribution in [0.5, 0.6) is 0 Å². The molecule has 3 aromatic rings. The van der Waals surface area contributed by atoms with Gasteiger partial charge in [0.05, 0.1) is 23.7 Å². The van der Waals surface area contributed by atoms with Gasteiger partial charge in [-0.05, 0) is 42.3 Å². The molecule has 5 heteroatoms. The van der Waals surface area contributed by atoms with Crippen LogP contribution in [-0.4, -0.2) is 16.8 Å². The van der Waals surface area contributed by atoms with Crippen molar-refractivity contribution >= 4 is 17.5 Å². The second-order valence-corrected chi connectivity index (χ2v) is 6.87. The van der Waals surface area contributed by atoms with Crippen LogP contribution in [-0.2, 0) is 11.3 Å². The van der Waals surface area contributed by atoms with E-state index in [-0.39, 0.29) is 18.2 Å². The number of nitrogens with zero attached hydrogens (tertiary/aromatic N) is 2. The van der Waals surface area contributed by atoms with Gasteiger partial charge in [-0.15, -0.1) is 0 Å². The smallest absolute Gasteiger partial charge is 0.260 e. The number of amides is 2. The quantitative estimate of drug-likeness (QED) is 0.742. The fraction of sp³-hybridized carbons (Fsp3) is 0.174. The summed E-state index contributed by atoms with van der Waals surface area (Å²) < 4.78 is 0. The highest BCUT2D eigenvalue weighted by atomic mass is 16.2. The largest absolute Gasteiger partial charge is 0.352 e. The Hall–Kier alpha value is -3.47. The average molecular weight is 371 g/mol. The third-order valence-corrected chi connectivity index (χ3v) is 5.07. The van der Waals surface area contributed by atoms with Crippen molar-refractivity contribution in [3.05, 3.63) is 95.3 Å². The number of pyridine rings is 1. The molecule has 2 heterocycles. The van der Waals surface area contributed by atoms with E-state index in [2.05, 4.69) is 10.3 Å². The number of hydrogen-bond acceptors (Lipinski definition) is 3. The van der Waals surface area contributed by atoms with Crippen molar-refractivity contribution in [1.82, 2.24) is 10.3 Å². The lowest BCUT2D eigenvalue weighted by molar-refractivity contribution is -0.121. The Labute approximate surface area is 164 Å². The van der Waals surface area contributed by atoms with E-state index in [1.165, 1.54) is 0 Å². The third kappa shape index (κ3) is 3.39. The lowest BCUT2D eigenvalue weighted by Gasteiger charge is -2.24. The predicted molar refractivity (Wildman–Crippen MR) is 108 cm³/mol. The van der Waals surface area contributed by atoms with Crippen molar-refractivity contribution < 1.29 is 9.59 Å². The van der Waals surface area contributed by atoms with Gasteiger partial charge in [0, 0.05) is 18.4 Å². The Morgan fingerprint density at radius 1 is 1.04 bits per heavy atom. The summed E-state index contributed by atoms with van der Waals surface area (Å²) >= 11 is 0. The maximum atomic E-state index is 13.0. The number of anilines is 1. The number of fused-ring (bicyclic) bond motifs is 1. The number of aromatic nitrogens is 1. The van der Waals surface area contributed by atoms with E-state index in [1.54, 1.807) is 23.2 Å². The van der Waals surface area contributed by atoms with Crippen LogP contribution >= 0.6 is 0 Å². The monoisotopic (exact) mass is 371 g/mol. The summed E-state index contributed by atoms with van der Waals surface area (Å²) in [6.07, 6.45) is 1.83. The molecule has 0 fully saturated rings. The molecule has 2 aromatic carbocycles. The zero-order valence-corrected chi connectivity index (χ0v) is 15.6. The number of benzene rings is 2. The number of carbonyl (C=O) groups is 2. The summed E-state index contributed by atoms with van der Waals surface area (Å²) in [5, 5.41) is 2.98. The van der Waals surface area contributed by atoms with Gasteiger partial charge in [-0.3, -0.25) is 19.5 Å². The van der Waals surface area contributed by atoms with Crippen molar-refractivity contribution in [3.63, 3.8) is 0 Å². The number of hydrogen-bond donors (Lipinski definition) is 1. The van der Waals surface area contributed by atoms with Crippen LogP contribution < -0.4 is 10.2 Å². The molecule has 0 unspecified atom stereocenters. The molecule has 1 N–H and O–H groups in total. The van der Waals surface area contributed by atoms with Crippen molar-refractivity contribution in [2.45, 2.75) is 25.9 Å². The molecule has 0 bridgehead atoms. The molecule has 0 aliphatic carbocycles. The molecule has 1 atom stereocenters. The lowest BCUT2D eigenvalue weighted by atomic mass is 10.1. The Bertz CT molecular complexity index is 1020. The zero-order valence-electron chi connectivity index (χ0n) is 15.6. The Morgan fingerprint density at radius 2 is 1.79 bits per heavy atom. The van der Waals surface area contributed by atoms with Gasteiger partial charge in [0.1, 0.15) is 0 Å². The Balaban J connectivity index is 1.56. The van der Waals surface area contributed by atoms with Crippen LogP contribution in [0.1, 0.15) is 39.6 Å². The van der Waals surface area contributed by atoms with E-state index < -0.39 is 6.04 Å². The highest BCUT2D eigenvalue weighted by molar-refractivity contribution is 6.11. The first kappa shape index (κ1) is 17.9. The number of nitrogens with one attached hydrogen (secondary N) is 1. The first-order valence-electron chi connectivity index (χ1n) is 9.30. The summed E-state index contributed by atoms with van der Waals surface area (Å²) in [6, 6.07) is 20.5. The lowest BCUT2D eigenvalue weighted by Crippen LogP contribution is -2.33.